The number of carboxylic acids is 2. The van der Waals surface area contributed by atoms with Gasteiger partial charge in [-0.2, -0.15) is 0 Å². The van der Waals surface area contributed by atoms with E-state index in [0.29, 0.717) is 29.7 Å². The topological polar surface area (TPSA) is 94.8 Å². The molecule has 0 radical (unpaired) electrons. The Bertz CT molecular complexity index is 901. The maximum Gasteiger partial charge on any atom is 0.330 e. The molecule has 8 atom stereocenters. The molecule has 0 aromatic rings. The normalized spacial score (nSPS) is 43.6. The molecule has 5 nitrogen and oxygen atoms in total. The molecule has 0 aromatic heterocycles. The molecule has 0 amide bonds. The molecule has 198 valence electrons. The highest BCUT2D eigenvalue weighted by atomic mass is 16.4. The van der Waals surface area contributed by atoms with Gasteiger partial charge in [-0.25, -0.2) is 4.79 Å². The minimum atomic E-state index is -0.826. The molecule has 0 saturated heterocycles. The van der Waals surface area contributed by atoms with E-state index >= 15 is 0 Å². The first-order valence-corrected chi connectivity index (χ1v) is 14.0. The standard InChI is InChI=1S/C30H48O5/c1-19(8-7-9-20(2)25(33)34)21-12-14-28(6)23-11-10-22(26(3,4)35)29(15-13-24(31)32)18-30(23,29)17-16-27(21,28)5/h9,19,21-23,35H,7-8,10-18H2,1-6H3,(H,31,32)(H,33,34)/t19-,21-,22+,23+,27-,28+,29-,30+/m1/s1. The van der Waals surface area contributed by atoms with Crippen molar-refractivity contribution in [3.8, 4) is 0 Å². The van der Waals surface area contributed by atoms with Crippen LogP contribution in [-0.2, 0) is 9.59 Å². The fourth-order valence-corrected chi connectivity index (χ4v) is 10.4. The Morgan fingerprint density at radius 2 is 1.74 bits per heavy atom. The third-order valence-electron chi connectivity index (χ3n) is 12.3. The van der Waals surface area contributed by atoms with E-state index in [9.17, 15) is 19.8 Å². The van der Waals surface area contributed by atoms with Crippen molar-refractivity contribution in [3.63, 3.8) is 0 Å². The van der Waals surface area contributed by atoms with Gasteiger partial charge in [0, 0.05) is 12.0 Å². The second-order valence-electron chi connectivity index (χ2n) is 13.9. The maximum atomic E-state index is 11.6. The number of allylic oxidation sites excluding steroid dienone is 1. The fraction of sp³-hybridized carbons (Fsp3) is 0.867. The van der Waals surface area contributed by atoms with E-state index in [0.717, 1.165) is 38.5 Å². The Morgan fingerprint density at radius 1 is 1.06 bits per heavy atom. The quantitative estimate of drug-likeness (QED) is 0.314. The Labute approximate surface area is 211 Å². The van der Waals surface area contributed by atoms with Crippen LogP contribution < -0.4 is 0 Å². The summed E-state index contributed by atoms with van der Waals surface area (Å²) in [7, 11) is 0. The molecule has 0 bridgehead atoms. The molecular formula is C30H48O5. The van der Waals surface area contributed by atoms with Gasteiger partial charge < -0.3 is 15.3 Å². The third kappa shape index (κ3) is 3.90. The number of aliphatic carboxylic acids is 2. The van der Waals surface area contributed by atoms with Crippen LogP contribution in [0.15, 0.2) is 11.6 Å². The van der Waals surface area contributed by atoms with Crippen molar-refractivity contribution in [1.29, 1.82) is 0 Å². The highest BCUT2D eigenvalue weighted by Crippen LogP contribution is 2.87. The van der Waals surface area contributed by atoms with Gasteiger partial charge in [0.2, 0.25) is 0 Å². The first-order chi connectivity index (χ1) is 16.1. The van der Waals surface area contributed by atoms with Crippen LogP contribution in [-0.4, -0.2) is 32.9 Å². The minimum Gasteiger partial charge on any atom is -0.481 e. The van der Waals surface area contributed by atoms with Crippen LogP contribution in [0.25, 0.3) is 0 Å². The Kier molecular flexibility index (Phi) is 6.56. The molecule has 4 saturated carbocycles. The predicted octanol–water partition coefficient (Wildman–Crippen LogP) is 6.69. The number of fused-ring (bicyclic) bond motifs is 2. The first-order valence-electron chi connectivity index (χ1n) is 14.0. The summed E-state index contributed by atoms with van der Waals surface area (Å²) in [6.45, 7) is 13.0. The molecule has 35 heavy (non-hydrogen) atoms. The highest BCUT2D eigenvalue weighted by Gasteiger charge is 2.81. The highest BCUT2D eigenvalue weighted by molar-refractivity contribution is 5.85. The fourth-order valence-electron chi connectivity index (χ4n) is 10.4. The third-order valence-corrected chi connectivity index (χ3v) is 12.3. The van der Waals surface area contributed by atoms with Crippen LogP contribution in [0.3, 0.4) is 0 Å². The van der Waals surface area contributed by atoms with Crippen LogP contribution in [0.1, 0.15) is 112 Å². The minimum absolute atomic E-state index is 0.0280. The van der Waals surface area contributed by atoms with Crippen molar-refractivity contribution >= 4 is 11.9 Å². The number of aliphatic hydroxyl groups is 1. The van der Waals surface area contributed by atoms with Crippen LogP contribution in [0.5, 0.6) is 0 Å². The van der Waals surface area contributed by atoms with E-state index in [1.54, 1.807) is 6.92 Å². The van der Waals surface area contributed by atoms with E-state index in [2.05, 4.69) is 20.8 Å². The summed E-state index contributed by atoms with van der Waals surface area (Å²) in [6, 6.07) is 0. The van der Waals surface area contributed by atoms with Crippen molar-refractivity contribution in [2.45, 2.75) is 118 Å². The van der Waals surface area contributed by atoms with Gasteiger partial charge in [0.15, 0.2) is 0 Å². The van der Waals surface area contributed by atoms with Gasteiger partial charge in [0.05, 0.1) is 5.60 Å². The van der Waals surface area contributed by atoms with Crippen molar-refractivity contribution in [2.75, 3.05) is 0 Å². The molecule has 0 unspecified atom stereocenters. The predicted molar refractivity (Wildman–Crippen MR) is 137 cm³/mol. The van der Waals surface area contributed by atoms with E-state index in [-0.39, 0.29) is 34.0 Å². The summed E-state index contributed by atoms with van der Waals surface area (Å²) in [5, 5.41) is 29.8. The second kappa shape index (κ2) is 8.60. The Morgan fingerprint density at radius 3 is 2.34 bits per heavy atom. The summed E-state index contributed by atoms with van der Waals surface area (Å²) in [5.74, 6) is 0.436. The molecule has 0 aromatic carbocycles. The molecule has 4 rings (SSSR count). The lowest BCUT2D eigenvalue weighted by atomic mass is 9.43. The summed E-state index contributed by atoms with van der Waals surface area (Å²) in [5.41, 5.74) is 0.333. The average molecular weight is 489 g/mol. The van der Waals surface area contributed by atoms with Crippen LogP contribution in [0.4, 0.5) is 0 Å². The number of hydrogen-bond donors (Lipinski definition) is 3. The van der Waals surface area contributed by atoms with Gasteiger partial charge in [-0.05, 0) is 130 Å². The zero-order chi connectivity index (χ0) is 26.0. The summed E-state index contributed by atoms with van der Waals surface area (Å²) in [6.07, 6.45) is 12.7. The molecule has 4 aliphatic carbocycles. The van der Waals surface area contributed by atoms with Crippen molar-refractivity contribution in [3.05, 3.63) is 11.6 Å². The van der Waals surface area contributed by atoms with Gasteiger partial charge >= 0.3 is 11.9 Å². The SMILES string of the molecule is CC(=CCC[C@@H](C)[C@H]1CC[C@@]2(C)[C@@H]3CC[C@@H](C(C)(C)O)[C@@]4(CCC(=O)O)C[C@@]34CC[C@]12C)C(=O)O. The van der Waals surface area contributed by atoms with Crippen molar-refractivity contribution < 1.29 is 24.9 Å². The molecule has 5 heteroatoms. The first kappa shape index (κ1) is 26.7. The van der Waals surface area contributed by atoms with Gasteiger partial charge in [-0.15, -0.1) is 0 Å². The van der Waals surface area contributed by atoms with Gasteiger partial charge in [0.1, 0.15) is 0 Å². The number of carbonyl (C=O) groups is 2. The zero-order valence-corrected chi connectivity index (χ0v) is 22.8. The largest absolute Gasteiger partial charge is 0.481 e. The lowest BCUT2D eigenvalue weighted by molar-refractivity contribution is -0.150. The van der Waals surface area contributed by atoms with Crippen molar-refractivity contribution in [1.82, 2.24) is 0 Å². The average Bonchev–Trinajstić information content (AvgIpc) is 3.34. The summed E-state index contributed by atoms with van der Waals surface area (Å²) in [4.78, 5) is 22.8. The number of rotatable bonds is 9. The monoisotopic (exact) mass is 488 g/mol. The van der Waals surface area contributed by atoms with E-state index in [1.165, 1.54) is 19.3 Å². The number of hydrogen-bond acceptors (Lipinski definition) is 3. The molecule has 4 fully saturated rings. The van der Waals surface area contributed by atoms with E-state index in [4.69, 9.17) is 5.11 Å². The lowest BCUT2D eigenvalue weighted by Gasteiger charge is -2.61. The second-order valence-corrected chi connectivity index (χ2v) is 13.9. The van der Waals surface area contributed by atoms with Crippen LogP contribution >= 0.6 is 0 Å². The molecule has 1 spiro atoms. The molecular weight excluding hydrogens is 440 g/mol. The molecule has 3 N–H and O–H groups in total. The molecule has 4 aliphatic rings. The van der Waals surface area contributed by atoms with E-state index < -0.39 is 17.5 Å². The van der Waals surface area contributed by atoms with E-state index in [1.807, 2.05) is 19.9 Å². The van der Waals surface area contributed by atoms with Crippen molar-refractivity contribution in [2.24, 2.45) is 45.3 Å². The number of carboxylic acid groups (broad SMARTS) is 2. The molecule has 0 heterocycles. The van der Waals surface area contributed by atoms with Crippen LogP contribution in [0.2, 0.25) is 0 Å². The van der Waals surface area contributed by atoms with Gasteiger partial charge in [-0.3, -0.25) is 4.79 Å². The smallest absolute Gasteiger partial charge is 0.330 e. The zero-order valence-electron chi connectivity index (χ0n) is 22.8. The van der Waals surface area contributed by atoms with Gasteiger partial charge in [0.25, 0.3) is 0 Å². The Hall–Kier alpha value is -1.36. The maximum absolute atomic E-state index is 11.6. The lowest BCUT2D eigenvalue weighted by Crippen LogP contribution is -2.56. The molecule has 0 aliphatic heterocycles. The Balaban J connectivity index is 1.58. The van der Waals surface area contributed by atoms with Gasteiger partial charge in [-0.1, -0.05) is 26.8 Å². The summed E-state index contributed by atoms with van der Waals surface area (Å²) < 4.78 is 0. The van der Waals surface area contributed by atoms with Crippen LogP contribution in [0, 0.1) is 45.3 Å². The summed E-state index contributed by atoms with van der Waals surface area (Å²) >= 11 is 0.